The highest BCUT2D eigenvalue weighted by molar-refractivity contribution is 5.78. The Morgan fingerprint density at radius 3 is 2.72 bits per heavy atom. The molecule has 2 aromatic carbocycles. The SMILES string of the molecule is CCCCN(Cc1nc2ccccc2c(=O)[nH]1)C(=O)CCCn1c(=O)oc2ccccc21. The number of para-hydroxylation sites is 3. The van der Waals surface area contributed by atoms with Gasteiger partial charge in [-0.15, -0.1) is 0 Å². The number of H-pyrrole nitrogens is 1. The number of amides is 1. The molecule has 1 N–H and O–H groups in total. The maximum absolute atomic E-state index is 13.0. The lowest BCUT2D eigenvalue weighted by atomic mass is 10.2. The minimum atomic E-state index is -0.417. The molecule has 4 aromatic rings. The smallest absolute Gasteiger partial charge is 0.408 e. The highest BCUT2D eigenvalue weighted by Gasteiger charge is 2.16. The molecule has 0 fully saturated rings. The first-order chi connectivity index (χ1) is 15.6. The van der Waals surface area contributed by atoms with Gasteiger partial charge in [-0.1, -0.05) is 37.6 Å². The van der Waals surface area contributed by atoms with Crippen molar-refractivity contribution in [2.75, 3.05) is 6.54 Å². The number of unbranched alkanes of at least 4 members (excludes halogenated alkanes) is 1. The van der Waals surface area contributed by atoms with Crippen LogP contribution in [-0.4, -0.2) is 31.9 Å². The molecule has 0 aliphatic heterocycles. The third-order valence-electron chi connectivity index (χ3n) is 5.48. The van der Waals surface area contributed by atoms with E-state index in [-0.39, 0.29) is 24.4 Å². The Hall–Kier alpha value is -3.68. The van der Waals surface area contributed by atoms with Gasteiger partial charge in [0.1, 0.15) is 5.82 Å². The summed E-state index contributed by atoms with van der Waals surface area (Å²) in [6, 6.07) is 14.4. The Balaban J connectivity index is 1.45. The molecule has 4 rings (SSSR count). The number of benzene rings is 2. The molecular formula is C24H26N4O4. The number of hydrogen-bond donors (Lipinski definition) is 1. The Labute approximate surface area is 184 Å². The fourth-order valence-corrected chi connectivity index (χ4v) is 3.80. The van der Waals surface area contributed by atoms with Crippen LogP contribution in [0.25, 0.3) is 22.0 Å². The minimum Gasteiger partial charge on any atom is -0.408 e. The predicted molar refractivity (Wildman–Crippen MR) is 122 cm³/mol. The molecule has 0 radical (unpaired) electrons. The van der Waals surface area contributed by atoms with E-state index in [0.717, 1.165) is 18.4 Å². The molecule has 0 bridgehead atoms. The molecule has 8 heteroatoms. The third kappa shape index (κ3) is 4.64. The maximum atomic E-state index is 13.0. The largest absolute Gasteiger partial charge is 0.419 e. The van der Waals surface area contributed by atoms with Crippen LogP contribution in [0.15, 0.2) is 62.5 Å². The fraction of sp³-hybridized carbons (Fsp3) is 0.333. The number of aromatic nitrogens is 3. The van der Waals surface area contributed by atoms with E-state index < -0.39 is 5.76 Å². The highest BCUT2D eigenvalue weighted by Crippen LogP contribution is 2.14. The van der Waals surface area contributed by atoms with E-state index in [1.54, 1.807) is 33.7 Å². The van der Waals surface area contributed by atoms with Crippen molar-refractivity contribution >= 4 is 27.9 Å². The summed E-state index contributed by atoms with van der Waals surface area (Å²) in [6.07, 6.45) is 2.59. The second-order valence-electron chi connectivity index (χ2n) is 7.79. The van der Waals surface area contributed by atoms with E-state index >= 15 is 0 Å². The van der Waals surface area contributed by atoms with Crippen LogP contribution in [0.4, 0.5) is 0 Å². The molecule has 0 atom stereocenters. The zero-order chi connectivity index (χ0) is 22.5. The Bertz CT molecular complexity index is 1350. The average Bonchev–Trinajstić information content (AvgIpc) is 3.11. The van der Waals surface area contributed by atoms with Crippen molar-refractivity contribution < 1.29 is 9.21 Å². The maximum Gasteiger partial charge on any atom is 0.419 e. The Morgan fingerprint density at radius 1 is 1.09 bits per heavy atom. The van der Waals surface area contributed by atoms with Crippen molar-refractivity contribution in [1.82, 2.24) is 19.4 Å². The fourth-order valence-electron chi connectivity index (χ4n) is 3.80. The van der Waals surface area contributed by atoms with Crippen LogP contribution in [0.2, 0.25) is 0 Å². The molecule has 166 valence electrons. The number of nitrogens with zero attached hydrogens (tertiary/aromatic N) is 3. The lowest BCUT2D eigenvalue weighted by Crippen LogP contribution is -2.33. The first kappa shape index (κ1) is 21.5. The van der Waals surface area contributed by atoms with Crippen LogP contribution in [0, 0.1) is 0 Å². The van der Waals surface area contributed by atoms with E-state index in [0.29, 0.717) is 41.8 Å². The van der Waals surface area contributed by atoms with Crippen molar-refractivity contribution in [3.8, 4) is 0 Å². The summed E-state index contributed by atoms with van der Waals surface area (Å²) < 4.78 is 6.81. The molecular weight excluding hydrogens is 408 g/mol. The van der Waals surface area contributed by atoms with Crippen molar-refractivity contribution in [3.05, 3.63) is 75.3 Å². The quantitative estimate of drug-likeness (QED) is 0.435. The topological polar surface area (TPSA) is 101 Å². The summed E-state index contributed by atoms with van der Waals surface area (Å²) in [5.74, 6) is 0.0183. The monoisotopic (exact) mass is 434 g/mol. The number of aromatic amines is 1. The molecule has 0 saturated heterocycles. The number of carbonyl (C=O) groups is 1. The summed E-state index contributed by atoms with van der Waals surface area (Å²) in [4.78, 5) is 46.5. The van der Waals surface area contributed by atoms with Gasteiger partial charge in [-0.2, -0.15) is 0 Å². The summed E-state index contributed by atoms with van der Waals surface area (Å²) >= 11 is 0. The van der Waals surface area contributed by atoms with Gasteiger partial charge in [0, 0.05) is 19.5 Å². The standard InChI is InChI=1S/C24H26N4O4/c1-2-3-14-27(16-21-25-18-10-5-4-9-17(18)23(30)26-21)22(29)13-8-15-28-19-11-6-7-12-20(19)32-24(28)31/h4-7,9-12H,2-3,8,13-16H2,1H3,(H,25,26,30). The molecule has 2 heterocycles. The lowest BCUT2D eigenvalue weighted by molar-refractivity contribution is -0.132. The third-order valence-corrected chi connectivity index (χ3v) is 5.48. The van der Waals surface area contributed by atoms with Gasteiger partial charge < -0.3 is 14.3 Å². The normalized spacial score (nSPS) is 11.3. The summed E-state index contributed by atoms with van der Waals surface area (Å²) in [6.45, 7) is 3.29. The van der Waals surface area contributed by atoms with Crippen molar-refractivity contribution in [1.29, 1.82) is 0 Å². The zero-order valence-electron chi connectivity index (χ0n) is 18.0. The van der Waals surface area contributed by atoms with Gasteiger partial charge in [-0.25, -0.2) is 9.78 Å². The molecule has 0 aliphatic rings. The molecule has 32 heavy (non-hydrogen) atoms. The van der Waals surface area contributed by atoms with Crippen molar-refractivity contribution in [2.45, 2.75) is 45.7 Å². The van der Waals surface area contributed by atoms with Crippen molar-refractivity contribution in [2.24, 2.45) is 0 Å². The number of hydrogen-bond acceptors (Lipinski definition) is 5. The summed E-state index contributed by atoms with van der Waals surface area (Å²) in [5, 5.41) is 0.528. The molecule has 0 spiro atoms. The number of fused-ring (bicyclic) bond motifs is 2. The number of nitrogens with one attached hydrogen (secondary N) is 1. The number of carbonyl (C=O) groups excluding carboxylic acids is 1. The van der Waals surface area contributed by atoms with E-state index in [9.17, 15) is 14.4 Å². The van der Waals surface area contributed by atoms with Gasteiger partial charge >= 0.3 is 5.76 Å². The van der Waals surface area contributed by atoms with Crippen LogP contribution in [0.1, 0.15) is 38.4 Å². The minimum absolute atomic E-state index is 0.0323. The van der Waals surface area contributed by atoms with Gasteiger partial charge in [-0.3, -0.25) is 14.2 Å². The molecule has 0 unspecified atom stereocenters. The number of rotatable bonds is 9. The summed E-state index contributed by atoms with van der Waals surface area (Å²) in [7, 11) is 0. The molecule has 1 amide bonds. The van der Waals surface area contributed by atoms with Gasteiger partial charge in [0.05, 0.1) is 23.0 Å². The van der Waals surface area contributed by atoms with Crippen molar-refractivity contribution in [3.63, 3.8) is 0 Å². The zero-order valence-corrected chi connectivity index (χ0v) is 18.0. The van der Waals surface area contributed by atoms with E-state index in [2.05, 4.69) is 16.9 Å². The number of aryl methyl sites for hydroxylation is 1. The van der Waals surface area contributed by atoms with Crippen LogP contribution < -0.4 is 11.3 Å². The Morgan fingerprint density at radius 2 is 1.88 bits per heavy atom. The summed E-state index contributed by atoms with van der Waals surface area (Å²) in [5.41, 5.74) is 1.67. The van der Waals surface area contributed by atoms with Crippen LogP contribution in [0.5, 0.6) is 0 Å². The van der Waals surface area contributed by atoms with E-state index in [4.69, 9.17) is 4.42 Å². The first-order valence-electron chi connectivity index (χ1n) is 10.9. The van der Waals surface area contributed by atoms with Crippen LogP contribution in [-0.2, 0) is 17.9 Å². The van der Waals surface area contributed by atoms with Gasteiger partial charge in [0.15, 0.2) is 5.58 Å². The van der Waals surface area contributed by atoms with Crippen LogP contribution >= 0.6 is 0 Å². The molecule has 0 saturated carbocycles. The second kappa shape index (κ2) is 9.64. The van der Waals surface area contributed by atoms with E-state index in [1.165, 1.54) is 0 Å². The van der Waals surface area contributed by atoms with Crippen LogP contribution in [0.3, 0.4) is 0 Å². The average molecular weight is 434 g/mol. The number of oxazole rings is 1. The highest BCUT2D eigenvalue weighted by atomic mass is 16.4. The van der Waals surface area contributed by atoms with Gasteiger partial charge in [0.25, 0.3) is 5.56 Å². The molecule has 8 nitrogen and oxygen atoms in total. The van der Waals surface area contributed by atoms with Gasteiger partial charge in [-0.05, 0) is 37.1 Å². The molecule has 0 aliphatic carbocycles. The van der Waals surface area contributed by atoms with Gasteiger partial charge in [0.2, 0.25) is 5.91 Å². The molecule has 2 aromatic heterocycles. The predicted octanol–water partition coefficient (Wildman–Crippen LogP) is 3.44. The lowest BCUT2D eigenvalue weighted by Gasteiger charge is -2.22. The Kier molecular flexibility index (Phi) is 6.49. The second-order valence-corrected chi connectivity index (χ2v) is 7.79. The first-order valence-corrected chi connectivity index (χ1v) is 10.9. The van der Waals surface area contributed by atoms with E-state index in [1.807, 2.05) is 24.3 Å².